The second-order valence-electron chi connectivity index (χ2n) is 4.22. The molecule has 0 aromatic heterocycles. The molecule has 124 valence electrons. The molecule has 1 unspecified atom stereocenters. The zero-order valence-electron chi connectivity index (χ0n) is 11.1. The van der Waals surface area contributed by atoms with Gasteiger partial charge < -0.3 is 4.52 Å². The highest BCUT2D eigenvalue weighted by Gasteiger charge is 2.33. The lowest BCUT2D eigenvalue weighted by Crippen LogP contribution is -2.07. The third kappa shape index (κ3) is 3.87. The fourth-order valence-electron chi connectivity index (χ4n) is 1.54. The number of hydrogen-bond donors (Lipinski definition) is 1. The molecule has 0 saturated heterocycles. The molecule has 0 aliphatic heterocycles. The van der Waals surface area contributed by atoms with Crippen LogP contribution in [-0.2, 0) is 15.7 Å². The standard InChI is InChI=1S/C13H8F5O4P/c14-8-9(15)11(17)13(12(18)10(8)16)22-23(19,20)21-6-7-4-2-1-3-5-7/h1-5H,6H2,(H,19,20). The Bertz CT molecular complexity index is 740. The molecule has 0 saturated carbocycles. The van der Waals surface area contributed by atoms with Crippen LogP contribution in [-0.4, -0.2) is 4.89 Å². The van der Waals surface area contributed by atoms with Crippen LogP contribution in [0.3, 0.4) is 0 Å². The molecule has 0 radical (unpaired) electrons. The zero-order chi connectivity index (χ0) is 17.2. The van der Waals surface area contributed by atoms with Crippen LogP contribution in [0, 0.1) is 29.1 Å². The molecular formula is C13H8F5O4P. The molecule has 23 heavy (non-hydrogen) atoms. The van der Waals surface area contributed by atoms with E-state index in [2.05, 4.69) is 9.05 Å². The Balaban J connectivity index is 2.22. The summed E-state index contributed by atoms with van der Waals surface area (Å²) in [4.78, 5) is 9.37. The number of benzene rings is 2. The van der Waals surface area contributed by atoms with Crippen LogP contribution >= 0.6 is 7.82 Å². The minimum Gasteiger partial charge on any atom is -0.398 e. The molecule has 0 amide bonds. The predicted molar refractivity (Wildman–Crippen MR) is 67.9 cm³/mol. The van der Waals surface area contributed by atoms with E-state index in [4.69, 9.17) is 0 Å². The quantitative estimate of drug-likeness (QED) is 0.381. The fraction of sp³-hybridized carbons (Fsp3) is 0.0769. The van der Waals surface area contributed by atoms with Crippen molar-refractivity contribution in [1.29, 1.82) is 0 Å². The highest BCUT2D eigenvalue weighted by atomic mass is 31.2. The Morgan fingerprint density at radius 1 is 0.870 bits per heavy atom. The van der Waals surface area contributed by atoms with E-state index in [0.29, 0.717) is 5.56 Å². The first kappa shape index (κ1) is 17.4. The normalized spacial score (nSPS) is 13.7. The maximum Gasteiger partial charge on any atom is 0.527 e. The van der Waals surface area contributed by atoms with Gasteiger partial charge in [0.1, 0.15) is 0 Å². The number of halogens is 5. The number of phosphoric acid groups is 1. The number of phosphoric ester groups is 1. The van der Waals surface area contributed by atoms with E-state index in [1.54, 1.807) is 18.2 Å². The zero-order valence-corrected chi connectivity index (χ0v) is 12.0. The van der Waals surface area contributed by atoms with Gasteiger partial charge in [0.15, 0.2) is 0 Å². The molecule has 0 bridgehead atoms. The molecule has 1 N–H and O–H groups in total. The highest BCUT2D eigenvalue weighted by molar-refractivity contribution is 7.47. The van der Waals surface area contributed by atoms with Crippen molar-refractivity contribution in [1.82, 2.24) is 0 Å². The van der Waals surface area contributed by atoms with Crippen LogP contribution in [0.25, 0.3) is 0 Å². The van der Waals surface area contributed by atoms with Gasteiger partial charge in [-0.25, -0.2) is 17.7 Å². The molecule has 1 atom stereocenters. The van der Waals surface area contributed by atoms with Gasteiger partial charge in [0.2, 0.25) is 34.8 Å². The highest BCUT2D eigenvalue weighted by Crippen LogP contribution is 2.47. The van der Waals surface area contributed by atoms with Gasteiger partial charge in [0, 0.05) is 0 Å². The smallest absolute Gasteiger partial charge is 0.398 e. The van der Waals surface area contributed by atoms with Crippen LogP contribution in [0.4, 0.5) is 22.0 Å². The Kier molecular flexibility index (Phi) is 5.03. The first-order valence-corrected chi connectivity index (χ1v) is 7.45. The van der Waals surface area contributed by atoms with E-state index >= 15 is 0 Å². The summed E-state index contributed by atoms with van der Waals surface area (Å²) in [5, 5.41) is 0. The second kappa shape index (κ2) is 6.66. The van der Waals surface area contributed by atoms with Crippen LogP contribution in [0.5, 0.6) is 5.75 Å². The fourth-order valence-corrected chi connectivity index (χ4v) is 2.29. The molecule has 2 aromatic carbocycles. The van der Waals surface area contributed by atoms with E-state index in [0.717, 1.165) is 0 Å². The molecule has 0 spiro atoms. The Morgan fingerprint density at radius 3 is 1.87 bits per heavy atom. The van der Waals surface area contributed by atoms with Crippen molar-refractivity contribution >= 4 is 7.82 Å². The predicted octanol–water partition coefficient (Wildman–Crippen LogP) is 4.08. The van der Waals surface area contributed by atoms with Crippen molar-refractivity contribution in [3.8, 4) is 5.75 Å². The maximum absolute atomic E-state index is 13.4. The van der Waals surface area contributed by atoms with E-state index in [-0.39, 0.29) is 0 Å². The summed E-state index contributed by atoms with van der Waals surface area (Å²) < 4.78 is 85.6. The van der Waals surface area contributed by atoms with Crippen LogP contribution < -0.4 is 4.52 Å². The monoisotopic (exact) mass is 354 g/mol. The molecule has 0 heterocycles. The lowest BCUT2D eigenvalue weighted by molar-refractivity contribution is 0.188. The topological polar surface area (TPSA) is 55.8 Å². The average molecular weight is 354 g/mol. The van der Waals surface area contributed by atoms with E-state index in [9.17, 15) is 31.4 Å². The van der Waals surface area contributed by atoms with Gasteiger partial charge >= 0.3 is 7.82 Å². The summed E-state index contributed by atoms with van der Waals surface area (Å²) in [6.07, 6.45) is 0. The van der Waals surface area contributed by atoms with Crippen molar-refractivity contribution in [3.05, 3.63) is 65.0 Å². The summed E-state index contributed by atoms with van der Waals surface area (Å²) in [5.41, 5.74) is 0.419. The third-order valence-electron chi connectivity index (χ3n) is 2.61. The summed E-state index contributed by atoms with van der Waals surface area (Å²) >= 11 is 0. The molecule has 4 nitrogen and oxygen atoms in total. The van der Waals surface area contributed by atoms with Gasteiger partial charge in [-0.1, -0.05) is 30.3 Å². The average Bonchev–Trinajstić information content (AvgIpc) is 2.54. The van der Waals surface area contributed by atoms with Crippen molar-refractivity contribution in [2.24, 2.45) is 0 Å². The van der Waals surface area contributed by atoms with Gasteiger partial charge in [-0.3, -0.25) is 9.42 Å². The van der Waals surface area contributed by atoms with Crippen molar-refractivity contribution in [2.45, 2.75) is 6.61 Å². The van der Waals surface area contributed by atoms with Crippen LogP contribution in [0.2, 0.25) is 0 Å². The molecule has 10 heteroatoms. The Morgan fingerprint density at radius 2 is 1.35 bits per heavy atom. The molecule has 0 aliphatic carbocycles. The molecule has 2 rings (SSSR count). The maximum atomic E-state index is 13.4. The minimum atomic E-state index is -5.12. The molecule has 0 fully saturated rings. The molecule has 2 aromatic rings. The molecular weight excluding hydrogens is 346 g/mol. The first-order chi connectivity index (χ1) is 10.7. The first-order valence-electron chi connectivity index (χ1n) is 5.95. The van der Waals surface area contributed by atoms with Gasteiger partial charge in [0.05, 0.1) is 6.61 Å². The summed E-state index contributed by atoms with van der Waals surface area (Å²) in [6, 6.07) is 7.86. The summed E-state index contributed by atoms with van der Waals surface area (Å²) in [6.45, 7) is -0.482. The van der Waals surface area contributed by atoms with Crippen LogP contribution in [0.15, 0.2) is 30.3 Å². The van der Waals surface area contributed by atoms with E-state index < -0.39 is 49.3 Å². The summed E-state index contributed by atoms with van der Waals surface area (Å²) in [5.74, 6) is -13.7. The van der Waals surface area contributed by atoms with Gasteiger partial charge in [0.25, 0.3) is 0 Å². The summed E-state index contributed by atoms with van der Waals surface area (Å²) in [7, 11) is -5.12. The number of hydrogen-bond acceptors (Lipinski definition) is 3. The van der Waals surface area contributed by atoms with Crippen molar-refractivity contribution in [3.63, 3.8) is 0 Å². The lowest BCUT2D eigenvalue weighted by Gasteiger charge is -2.14. The van der Waals surface area contributed by atoms with Gasteiger partial charge in [-0.15, -0.1) is 0 Å². The number of rotatable bonds is 5. The lowest BCUT2D eigenvalue weighted by atomic mass is 10.2. The van der Waals surface area contributed by atoms with E-state index in [1.165, 1.54) is 12.1 Å². The SMILES string of the molecule is O=P(O)(OCc1ccccc1)Oc1c(F)c(F)c(F)c(F)c1F. The Labute approximate surface area is 126 Å². The van der Waals surface area contributed by atoms with Crippen LogP contribution in [0.1, 0.15) is 5.56 Å². The van der Waals surface area contributed by atoms with Crippen molar-refractivity contribution in [2.75, 3.05) is 0 Å². The van der Waals surface area contributed by atoms with E-state index in [1.807, 2.05) is 0 Å². The van der Waals surface area contributed by atoms with Crippen molar-refractivity contribution < 1.29 is 40.5 Å². The second-order valence-corrected chi connectivity index (χ2v) is 5.60. The molecule has 0 aliphatic rings. The Hall–Kier alpha value is -1.96. The van der Waals surface area contributed by atoms with Gasteiger partial charge in [-0.2, -0.15) is 8.78 Å². The minimum absolute atomic E-state index is 0.419. The largest absolute Gasteiger partial charge is 0.527 e. The third-order valence-corrected chi connectivity index (χ3v) is 3.48. The van der Waals surface area contributed by atoms with Gasteiger partial charge in [-0.05, 0) is 5.56 Å².